The standard InChI is InChI=1S/C32H33IN4.C12H17BO2/c1-17-13-18(2)29(19(3)14-17)30-24-10-9-23(35-24)20(4)22-8-7-21(34-22)15-28-32(5,6)16-27(37-28)31(33)26-12-11-25(30)36-26;1-11(2)12(3,4)15-13(14-11)10-8-6-5-7-9-10/h7-15,34-37H,16H2,1-6H3;5-9H,1-4H3. The molecule has 3 aliphatic heterocycles. The van der Waals surface area contributed by atoms with Crippen LogP contribution in [0.3, 0.4) is 0 Å². The fourth-order valence-corrected chi connectivity index (χ4v) is 8.10. The lowest BCUT2D eigenvalue weighted by atomic mass is 9.79. The molecule has 268 valence electrons. The summed E-state index contributed by atoms with van der Waals surface area (Å²) in [5.41, 5.74) is 15.1. The van der Waals surface area contributed by atoms with Crippen LogP contribution >= 0.6 is 22.6 Å². The lowest BCUT2D eigenvalue weighted by Crippen LogP contribution is -2.41. The quantitative estimate of drug-likeness (QED) is 0.107. The minimum Gasteiger partial charge on any atom is -0.399 e. The Balaban J connectivity index is 0.000000234. The number of aromatic amines is 3. The number of halogens is 1. The average Bonchev–Trinajstić information content (AvgIpc) is 3.91. The van der Waals surface area contributed by atoms with Gasteiger partial charge in [0, 0.05) is 50.2 Å². The van der Waals surface area contributed by atoms with E-state index >= 15 is 0 Å². The van der Waals surface area contributed by atoms with E-state index in [1.807, 2.05) is 30.3 Å². The minimum absolute atomic E-state index is 0.0283. The van der Waals surface area contributed by atoms with Crippen LogP contribution in [0.5, 0.6) is 0 Å². The number of benzene rings is 2. The molecule has 8 rings (SSSR count). The van der Waals surface area contributed by atoms with Crippen molar-refractivity contribution in [2.75, 3.05) is 0 Å². The number of aryl methyl sites for hydroxylation is 3. The second-order valence-electron chi connectivity index (χ2n) is 16.2. The van der Waals surface area contributed by atoms with Gasteiger partial charge >= 0.3 is 7.12 Å². The minimum atomic E-state index is -0.256. The Morgan fingerprint density at radius 2 is 1.29 bits per heavy atom. The summed E-state index contributed by atoms with van der Waals surface area (Å²) in [6.07, 6.45) is 3.23. The van der Waals surface area contributed by atoms with Crippen LogP contribution in [0.2, 0.25) is 0 Å². The first kappa shape index (κ1) is 36.4. The molecule has 0 radical (unpaired) electrons. The summed E-state index contributed by atoms with van der Waals surface area (Å²) in [7, 11) is -0.240. The Morgan fingerprint density at radius 1 is 0.673 bits per heavy atom. The van der Waals surface area contributed by atoms with Crippen molar-refractivity contribution < 1.29 is 9.31 Å². The van der Waals surface area contributed by atoms with Crippen LogP contribution in [0.1, 0.15) is 99.9 Å². The second-order valence-corrected chi connectivity index (χ2v) is 17.3. The predicted molar refractivity (Wildman–Crippen MR) is 225 cm³/mol. The molecule has 0 atom stereocenters. The maximum absolute atomic E-state index is 5.93. The van der Waals surface area contributed by atoms with E-state index < -0.39 is 0 Å². The SMILES string of the molecule is CC1(C)OB(c2ccccc2)OC1(C)C.CC1=c2ccc([nH]2)=C(c2c(C)cc(C)cc2C)c2ccc([nH]2)C(I)=C2CC(C)(C)C(=Cc3ccc1[nH]3)N2. The molecular formula is C44H50BIN4O2. The monoisotopic (exact) mass is 804 g/mol. The van der Waals surface area contributed by atoms with E-state index in [0.29, 0.717) is 0 Å². The van der Waals surface area contributed by atoms with Gasteiger partial charge in [-0.25, -0.2) is 0 Å². The van der Waals surface area contributed by atoms with Gasteiger partial charge in [0.2, 0.25) is 0 Å². The smallest absolute Gasteiger partial charge is 0.399 e. The van der Waals surface area contributed by atoms with Gasteiger partial charge in [-0.3, -0.25) is 0 Å². The Kier molecular flexibility index (Phi) is 9.41. The van der Waals surface area contributed by atoms with Crippen LogP contribution in [-0.2, 0) is 9.31 Å². The Hall–Kier alpha value is -3.99. The summed E-state index contributed by atoms with van der Waals surface area (Å²) in [5.74, 6) is 0. The van der Waals surface area contributed by atoms with Crippen molar-refractivity contribution in [2.45, 2.75) is 86.9 Å². The van der Waals surface area contributed by atoms with Crippen molar-refractivity contribution >= 4 is 56.0 Å². The Morgan fingerprint density at radius 3 is 1.96 bits per heavy atom. The van der Waals surface area contributed by atoms with Crippen LogP contribution in [0.25, 0.3) is 20.8 Å². The first-order chi connectivity index (χ1) is 24.5. The summed E-state index contributed by atoms with van der Waals surface area (Å²) >= 11 is 2.50. The lowest BCUT2D eigenvalue weighted by Gasteiger charge is -2.32. The largest absolute Gasteiger partial charge is 0.494 e. The van der Waals surface area contributed by atoms with Gasteiger partial charge in [-0.05, 0) is 155 Å². The summed E-state index contributed by atoms with van der Waals surface area (Å²) in [6.45, 7) is 21.7. The van der Waals surface area contributed by atoms with Gasteiger partial charge in [0.15, 0.2) is 0 Å². The number of fused-ring (bicyclic) bond motifs is 8. The number of nitrogens with one attached hydrogen (secondary N) is 4. The van der Waals surface area contributed by atoms with Gasteiger partial charge in [-0.2, -0.15) is 0 Å². The van der Waals surface area contributed by atoms with Crippen LogP contribution in [-0.4, -0.2) is 33.3 Å². The van der Waals surface area contributed by atoms with E-state index in [4.69, 9.17) is 9.31 Å². The molecule has 0 saturated carbocycles. The second kappa shape index (κ2) is 13.5. The molecule has 5 aromatic rings. The number of hydrogen-bond donors (Lipinski definition) is 4. The van der Waals surface area contributed by atoms with E-state index in [1.54, 1.807) is 0 Å². The molecule has 2 fully saturated rings. The average molecular weight is 805 g/mol. The molecule has 3 aromatic heterocycles. The molecule has 4 N–H and O–H groups in total. The van der Waals surface area contributed by atoms with Gasteiger partial charge in [-0.15, -0.1) is 0 Å². The lowest BCUT2D eigenvalue weighted by molar-refractivity contribution is 0.00578. The summed E-state index contributed by atoms with van der Waals surface area (Å²) in [6, 6.07) is 27.8. The third-order valence-corrected chi connectivity index (χ3v) is 12.3. The molecule has 8 bridgehead atoms. The summed E-state index contributed by atoms with van der Waals surface area (Å²) < 4.78 is 13.1. The third kappa shape index (κ3) is 6.81. The van der Waals surface area contributed by atoms with E-state index in [0.717, 1.165) is 45.4 Å². The molecule has 0 unspecified atom stereocenters. The van der Waals surface area contributed by atoms with Gasteiger partial charge in [0.05, 0.1) is 20.5 Å². The van der Waals surface area contributed by atoms with Gasteiger partial charge in [-0.1, -0.05) is 61.9 Å². The fourth-order valence-electron chi connectivity index (χ4n) is 7.46. The fraction of sp³-hybridized carbons (Fsp3) is 0.318. The molecule has 2 aromatic carbocycles. The molecule has 8 heteroatoms. The van der Waals surface area contributed by atoms with Crippen molar-refractivity contribution in [1.29, 1.82) is 0 Å². The van der Waals surface area contributed by atoms with Crippen molar-refractivity contribution in [3.8, 4) is 0 Å². The number of hydrogen-bond acceptors (Lipinski definition) is 3. The van der Waals surface area contributed by atoms with Crippen LogP contribution < -0.4 is 21.5 Å². The number of H-pyrrole nitrogens is 3. The van der Waals surface area contributed by atoms with Crippen molar-refractivity contribution in [1.82, 2.24) is 20.3 Å². The highest BCUT2D eigenvalue weighted by Crippen LogP contribution is 2.43. The Labute approximate surface area is 322 Å². The zero-order valence-electron chi connectivity index (χ0n) is 32.1. The normalized spacial score (nSPS) is 18.6. The summed E-state index contributed by atoms with van der Waals surface area (Å²) in [4.78, 5) is 11.2. The van der Waals surface area contributed by atoms with Crippen LogP contribution in [0.4, 0.5) is 0 Å². The molecule has 6 nitrogen and oxygen atoms in total. The highest BCUT2D eigenvalue weighted by atomic mass is 127. The van der Waals surface area contributed by atoms with Gasteiger partial charge in [0.1, 0.15) is 0 Å². The first-order valence-corrected chi connectivity index (χ1v) is 19.3. The zero-order valence-corrected chi connectivity index (χ0v) is 34.2. The number of aromatic nitrogens is 3. The van der Waals surface area contributed by atoms with Crippen LogP contribution in [0, 0.1) is 26.2 Å². The maximum Gasteiger partial charge on any atom is 0.494 e. The molecular weight excluding hydrogens is 754 g/mol. The van der Waals surface area contributed by atoms with Crippen molar-refractivity contribution in [3.05, 3.63) is 146 Å². The third-order valence-electron chi connectivity index (χ3n) is 11.1. The van der Waals surface area contributed by atoms with Crippen molar-refractivity contribution in [2.24, 2.45) is 5.41 Å². The molecule has 3 aliphatic rings. The molecule has 6 heterocycles. The highest BCUT2D eigenvalue weighted by molar-refractivity contribution is 14.1. The molecule has 0 spiro atoms. The summed E-state index contributed by atoms with van der Waals surface area (Å²) in [5, 5.41) is 5.99. The highest BCUT2D eigenvalue weighted by Gasteiger charge is 2.51. The van der Waals surface area contributed by atoms with E-state index in [-0.39, 0.29) is 23.7 Å². The van der Waals surface area contributed by atoms with E-state index in [9.17, 15) is 0 Å². The van der Waals surface area contributed by atoms with Crippen molar-refractivity contribution in [3.63, 3.8) is 0 Å². The Bertz CT molecular complexity index is 2310. The maximum atomic E-state index is 5.93. The first-order valence-electron chi connectivity index (χ1n) is 18.2. The molecule has 0 amide bonds. The predicted octanol–water partition coefficient (Wildman–Crippen LogP) is 8.53. The molecule has 0 aliphatic carbocycles. The number of allylic oxidation sites excluding steroid dienone is 2. The van der Waals surface area contributed by atoms with E-state index in [2.05, 4.69) is 167 Å². The van der Waals surface area contributed by atoms with E-state index in [1.165, 1.54) is 48.4 Å². The van der Waals surface area contributed by atoms with Gasteiger partial charge in [0.25, 0.3) is 0 Å². The topological polar surface area (TPSA) is 77.9 Å². The van der Waals surface area contributed by atoms with Crippen LogP contribution in [0.15, 0.2) is 90.3 Å². The van der Waals surface area contributed by atoms with Gasteiger partial charge < -0.3 is 29.6 Å². The molecule has 52 heavy (non-hydrogen) atoms. The number of rotatable bonds is 2. The zero-order chi connectivity index (χ0) is 37.2. The molecule has 2 saturated heterocycles.